The maximum Gasteiger partial charge on any atom is 0.289 e. The first-order valence-electron chi connectivity index (χ1n) is 7.85. The smallest absolute Gasteiger partial charge is 0.289 e. The van der Waals surface area contributed by atoms with Crippen molar-refractivity contribution < 1.29 is 13.9 Å². The largest absolute Gasteiger partial charge is 0.451 e. The lowest BCUT2D eigenvalue weighted by Crippen LogP contribution is -2.48. The zero-order valence-corrected chi connectivity index (χ0v) is 13.7. The van der Waals surface area contributed by atoms with Gasteiger partial charge in [0, 0.05) is 24.3 Å². The molecule has 0 radical (unpaired) electrons. The number of morpholine rings is 1. The van der Waals surface area contributed by atoms with Crippen LogP contribution in [0.4, 0.5) is 5.69 Å². The first-order valence-corrected chi connectivity index (χ1v) is 7.85. The van der Waals surface area contributed by atoms with Crippen LogP contribution in [0.5, 0.6) is 0 Å². The van der Waals surface area contributed by atoms with Crippen LogP contribution in [0.15, 0.2) is 34.7 Å². The average Bonchev–Trinajstić information content (AvgIpc) is 2.95. The molecule has 122 valence electrons. The van der Waals surface area contributed by atoms with E-state index in [0.717, 1.165) is 11.1 Å². The molecule has 1 aliphatic rings. The number of rotatable bonds is 2. The van der Waals surface area contributed by atoms with Gasteiger partial charge in [0.2, 0.25) is 0 Å². The first kappa shape index (κ1) is 15.6. The molecule has 3 rings (SSSR count). The number of benzene rings is 1. The van der Waals surface area contributed by atoms with Crippen LogP contribution >= 0.6 is 0 Å². The molecule has 0 aliphatic carbocycles. The van der Waals surface area contributed by atoms with Gasteiger partial charge in [-0.1, -0.05) is 6.07 Å². The Labute approximate surface area is 136 Å². The van der Waals surface area contributed by atoms with Crippen molar-refractivity contribution in [3.05, 3.63) is 41.7 Å². The minimum absolute atomic E-state index is 0.0323. The Kier molecular flexibility index (Phi) is 4.13. The number of furan rings is 1. The Morgan fingerprint density at radius 3 is 2.52 bits per heavy atom. The predicted octanol–water partition coefficient (Wildman–Crippen LogP) is 3.09. The van der Waals surface area contributed by atoms with E-state index in [-0.39, 0.29) is 18.1 Å². The van der Waals surface area contributed by atoms with E-state index in [0.29, 0.717) is 30.3 Å². The summed E-state index contributed by atoms with van der Waals surface area (Å²) in [6.45, 7) is 7.07. The monoisotopic (exact) mass is 314 g/mol. The second-order valence-corrected chi connectivity index (χ2v) is 6.22. The van der Waals surface area contributed by atoms with Crippen LogP contribution in [0.1, 0.15) is 30.0 Å². The van der Waals surface area contributed by atoms with Crippen molar-refractivity contribution in [3.8, 4) is 11.3 Å². The molecule has 1 aliphatic heterocycles. The molecule has 0 unspecified atom stereocenters. The van der Waals surface area contributed by atoms with Crippen molar-refractivity contribution in [1.82, 2.24) is 4.90 Å². The average molecular weight is 314 g/mol. The fourth-order valence-electron chi connectivity index (χ4n) is 3.00. The number of nitrogen functional groups attached to an aromatic ring is 1. The van der Waals surface area contributed by atoms with Crippen molar-refractivity contribution >= 4 is 11.6 Å². The van der Waals surface area contributed by atoms with Gasteiger partial charge in [-0.3, -0.25) is 4.79 Å². The number of nitrogens with zero attached hydrogens (tertiary/aromatic N) is 1. The Balaban J connectivity index is 1.82. The summed E-state index contributed by atoms with van der Waals surface area (Å²) in [6.07, 6.45) is 0.0646. The molecule has 0 saturated carbocycles. The first-order chi connectivity index (χ1) is 10.9. The summed E-state index contributed by atoms with van der Waals surface area (Å²) >= 11 is 0. The highest BCUT2D eigenvalue weighted by Crippen LogP contribution is 2.29. The molecule has 1 amide bonds. The van der Waals surface area contributed by atoms with Gasteiger partial charge < -0.3 is 19.8 Å². The number of hydrogen-bond acceptors (Lipinski definition) is 4. The molecule has 23 heavy (non-hydrogen) atoms. The maximum atomic E-state index is 12.6. The van der Waals surface area contributed by atoms with Crippen molar-refractivity contribution in [2.24, 2.45) is 0 Å². The standard InChI is InChI=1S/C18H22N2O3/c1-11-4-5-14(15(19)8-11)16-6-7-17(23-16)18(21)20-9-12(2)22-13(3)10-20/h4-8,12-13H,9-10,19H2,1-3H3/t12-,13-/m0/s1. The fourth-order valence-corrected chi connectivity index (χ4v) is 3.00. The van der Waals surface area contributed by atoms with Crippen LogP contribution in [0.2, 0.25) is 0 Å². The number of aryl methyl sites for hydroxylation is 1. The second-order valence-electron chi connectivity index (χ2n) is 6.22. The number of ether oxygens (including phenoxy) is 1. The molecule has 2 atom stereocenters. The highest BCUT2D eigenvalue weighted by atomic mass is 16.5. The highest BCUT2D eigenvalue weighted by Gasteiger charge is 2.28. The van der Waals surface area contributed by atoms with Gasteiger partial charge >= 0.3 is 0 Å². The van der Waals surface area contributed by atoms with Crippen LogP contribution in [-0.4, -0.2) is 36.1 Å². The summed E-state index contributed by atoms with van der Waals surface area (Å²) in [5.74, 6) is 0.838. The normalized spacial score (nSPS) is 21.4. The van der Waals surface area contributed by atoms with E-state index < -0.39 is 0 Å². The molecule has 1 aromatic heterocycles. The summed E-state index contributed by atoms with van der Waals surface area (Å²) < 4.78 is 11.4. The fraction of sp³-hybridized carbons (Fsp3) is 0.389. The number of amides is 1. The van der Waals surface area contributed by atoms with E-state index in [2.05, 4.69) is 0 Å². The number of carbonyl (C=O) groups excluding carboxylic acids is 1. The van der Waals surface area contributed by atoms with E-state index in [9.17, 15) is 4.79 Å². The summed E-state index contributed by atoms with van der Waals surface area (Å²) in [6, 6.07) is 9.28. The minimum atomic E-state index is -0.107. The topological polar surface area (TPSA) is 68.7 Å². The summed E-state index contributed by atoms with van der Waals surface area (Å²) in [7, 11) is 0. The molecule has 1 saturated heterocycles. The zero-order valence-electron chi connectivity index (χ0n) is 13.7. The van der Waals surface area contributed by atoms with Crippen molar-refractivity contribution in [1.29, 1.82) is 0 Å². The van der Waals surface area contributed by atoms with Gasteiger partial charge in [-0.25, -0.2) is 0 Å². The van der Waals surface area contributed by atoms with Crippen LogP contribution in [0, 0.1) is 6.92 Å². The second kappa shape index (κ2) is 6.08. The molecule has 2 aromatic rings. The number of nitrogens with two attached hydrogens (primary N) is 1. The zero-order chi connectivity index (χ0) is 16.6. The summed E-state index contributed by atoms with van der Waals surface area (Å²) in [4.78, 5) is 14.4. The molecule has 2 N–H and O–H groups in total. The van der Waals surface area contributed by atoms with Crippen LogP contribution in [0.3, 0.4) is 0 Å². The van der Waals surface area contributed by atoms with E-state index in [4.69, 9.17) is 14.9 Å². The van der Waals surface area contributed by atoms with Gasteiger partial charge in [-0.15, -0.1) is 0 Å². The molecule has 1 fully saturated rings. The van der Waals surface area contributed by atoms with Crippen LogP contribution in [-0.2, 0) is 4.74 Å². The van der Waals surface area contributed by atoms with Gasteiger partial charge in [0.15, 0.2) is 5.76 Å². The molecule has 0 bridgehead atoms. The minimum Gasteiger partial charge on any atom is -0.451 e. The molecular formula is C18H22N2O3. The Hall–Kier alpha value is -2.27. The highest BCUT2D eigenvalue weighted by molar-refractivity contribution is 5.92. The number of carbonyl (C=O) groups is 1. The lowest BCUT2D eigenvalue weighted by atomic mass is 10.1. The van der Waals surface area contributed by atoms with E-state index >= 15 is 0 Å². The third-order valence-electron chi connectivity index (χ3n) is 4.00. The van der Waals surface area contributed by atoms with Crippen molar-refractivity contribution in [2.75, 3.05) is 18.8 Å². The lowest BCUT2D eigenvalue weighted by molar-refractivity contribution is -0.0592. The molecular weight excluding hydrogens is 292 g/mol. The predicted molar refractivity (Wildman–Crippen MR) is 89.2 cm³/mol. The third-order valence-corrected chi connectivity index (χ3v) is 4.00. The van der Waals surface area contributed by atoms with E-state index in [1.807, 2.05) is 39.0 Å². The van der Waals surface area contributed by atoms with E-state index in [1.54, 1.807) is 17.0 Å². The molecule has 5 nitrogen and oxygen atoms in total. The summed E-state index contributed by atoms with van der Waals surface area (Å²) in [5.41, 5.74) is 8.58. The lowest BCUT2D eigenvalue weighted by Gasteiger charge is -2.34. The Morgan fingerprint density at radius 1 is 1.17 bits per heavy atom. The Bertz CT molecular complexity index is 713. The van der Waals surface area contributed by atoms with Gasteiger partial charge in [0.25, 0.3) is 5.91 Å². The maximum absolute atomic E-state index is 12.6. The quantitative estimate of drug-likeness (QED) is 0.865. The third kappa shape index (κ3) is 3.24. The molecule has 0 spiro atoms. The molecule has 2 heterocycles. The van der Waals surface area contributed by atoms with Crippen LogP contribution in [0.25, 0.3) is 11.3 Å². The van der Waals surface area contributed by atoms with Crippen LogP contribution < -0.4 is 5.73 Å². The Morgan fingerprint density at radius 2 is 1.87 bits per heavy atom. The SMILES string of the molecule is Cc1ccc(-c2ccc(C(=O)N3C[C@H](C)O[C@@H](C)C3)o2)c(N)c1. The van der Waals surface area contributed by atoms with Gasteiger partial charge in [-0.05, 0) is 50.6 Å². The number of hydrogen-bond donors (Lipinski definition) is 1. The molecule has 1 aromatic carbocycles. The molecule has 5 heteroatoms. The van der Waals surface area contributed by atoms with E-state index in [1.165, 1.54) is 0 Å². The number of anilines is 1. The van der Waals surface area contributed by atoms with Crippen molar-refractivity contribution in [2.45, 2.75) is 33.0 Å². The van der Waals surface area contributed by atoms with Gasteiger partial charge in [0.1, 0.15) is 5.76 Å². The van der Waals surface area contributed by atoms with Gasteiger partial charge in [0.05, 0.1) is 12.2 Å². The summed E-state index contributed by atoms with van der Waals surface area (Å²) in [5, 5.41) is 0. The van der Waals surface area contributed by atoms with Crippen molar-refractivity contribution in [3.63, 3.8) is 0 Å². The van der Waals surface area contributed by atoms with Gasteiger partial charge in [-0.2, -0.15) is 0 Å².